The van der Waals surface area contributed by atoms with Gasteiger partial charge >= 0.3 is 0 Å². The highest BCUT2D eigenvalue weighted by molar-refractivity contribution is 9.10. The number of hydrogen-bond acceptors (Lipinski definition) is 2. The van der Waals surface area contributed by atoms with E-state index in [1.54, 1.807) is 6.07 Å². The maximum absolute atomic E-state index is 13.3. The van der Waals surface area contributed by atoms with Crippen LogP contribution < -0.4 is 5.73 Å². The van der Waals surface area contributed by atoms with Crippen molar-refractivity contribution in [2.75, 3.05) is 19.6 Å². The summed E-state index contributed by atoms with van der Waals surface area (Å²) in [5.41, 5.74) is 6.82. The fourth-order valence-electron chi connectivity index (χ4n) is 1.91. The first kappa shape index (κ1) is 15.6. The minimum absolute atomic E-state index is 0.0839. The van der Waals surface area contributed by atoms with Crippen molar-refractivity contribution in [3.8, 4) is 0 Å². The zero-order valence-corrected chi connectivity index (χ0v) is 12.9. The molecule has 1 rings (SSSR count). The molecule has 0 fully saturated rings. The van der Waals surface area contributed by atoms with Gasteiger partial charge in [-0.15, -0.1) is 0 Å². The molecule has 1 aromatic carbocycles. The van der Waals surface area contributed by atoms with Crippen molar-refractivity contribution in [1.82, 2.24) is 4.90 Å². The molecular formula is C14H22BrFN2. The minimum Gasteiger partial charge on any atom is -0.330 e. The number of nitrogens with zero attached hydrogens (tertiary/aromatic N) is 1. The predicted octanol–water partition coefficient (Wildman–Crippen LogP) is 3.40. The summed E-state index contributed by atoms with van der Waals surface area (Å²) in [4.78, 5) is 2.29. The first-order chi connectivity index (χ1) is 8.36. The van der Waals surface area contributed by atoms with E-state index >= 15 is 0 Å². The molecule has 0 spiro atoms. The average molecular weight is 317 g/mol. The highest BCUT2D eigenvalue weighted by Gasteiger charge is 2.19. The van der Waals surface area contributed by atoms with E-state index in [4.69, 9.17) is 5.73 Å². The van der Waals surface area contributed by atoms with E-state index in [0.29, 0.717) is 6.54 Å². The van der Waals surface area contributed by atoms with Crippen LogP contribution in [0.1, 0.15) is 26.3 Å². The van der Waals surface area contributed by atoms with E-state index in [1.165, 1.54) is 6.07 Å². The second-order valence-electron chi connectivity index (χ2n) is 5.45. The molecule has 4 heteroatoms. The van der Waals surface area contributed by atoms with Gasteiger partial charge in [0.15, 0.2) is 0 Å². The van der Waals surface area contributed by atoms with Crippen LogP contribution in [0.15, 0.2) is 22.7 Å². The van der Waals surface area contributed by atoms with Crippen LogP contribution in [0.3, 0.4) is 0 Å². The molecule has 0 heterocycles. The van der Waals surface area contributed by atoms with E-state index in [-0.39, 0.29) is 11.2 Å². The molecule has 2 N–H and O–H groups in total. The van der Waals surface area contributed by atoms with Crippen molar-refractivity contribution in [3.05, 3.63) is 34.1 Å². The molecular weight excluding hydrogens is 295 g/mol. The van der Waals surface area contributed by atoms with Crippen LogP contribution in [0.25, 0.3) is 0 Å². The molecule has 0 saturated heterocycles. The quantitative estimate of drug-likeness (QED) is 0.871. The smallest absolute Gasteiger partial charge is 0.124 e. The lowest BCUT2D eigenvalue weighted by atomic mass is 9.93. The molecule has 18 heavy (non-hydrogen) atoms. The van der Waals surface area contributed by atoms with Crippen molar-refractivity contribution in [3.63, 3.8) is 0 Å². The second kappa shape index (κ2) is 6.64. The summed E-state index contributed by atoms with van der Waals surface area (Å²) in [5, 5.41) is 0. The van der Waals surface area contributed by atoms with Crippen LogP contribution >= 0.6 is 15.9 Å². The molecule has 0 aliphatic rings. The molecule has 0 aliphatic carbocycles. The highest BCUT2D eigenvalue weighted by Crippen LogP contribution is 2.19. The number of benzene rings is 1. The summed E-state index contributed by atoms with van der Waals surface area (Å²) in [6, 6.07) is 5.02. The SMILES string of the molecule is CCN(Cc1cc(F)cc(Br)c1)CC(C)(C)CN. The third-order valence-corrected chi connectivity index (χ3v) is 3.44. The van der Waals surface area contributed by atoms with Gasteiger partial charge in [0.2, 0.25) is 0 Å². The molecule has 0 saturated carbocycles. The summed E-state index contributed by atoms with van der Waals surface area (Å²) < 4.78 is 14.1. The highest BCUT2D eigenvalue weighted by atomic mass is 79.9. The fourth-order valence-corrected chi connectivity index (χ4v) is 2.42. The van der Waals surface area contributed by atoms with Gasteiger partial charge in [0.25, 0.3) is 0 Å². The topological polar surface area (TPSA) is 29.3 Å². The zero-order valence-electron chi connectivity index (χ0n) is 11.3. The molecule has 2 nitrogen and oxygen atoms in total. The first-order valence-electron chi connectivity index (χ1n) is 6.23. The molecule has 102 valence electrons. The summed E-state index contributed by atoms with van der Waals surface area (Å²) in [7, 11) is 0. The molecule has 0 aliphatic heterocycles. The van der Waals surface area contributed by atoms with Crippen molar-refractivity contribution >= 4 is 15.9 Å². The van der Waals surface area contributed by atoms with Crippen LogP contribution in [0.5, 0.6) is 0 Å². The van der Waals surface area contributed by atoms with E-state index < -0.39 is 0 Å². The van der Waals surface area contributed by atoms with Gasteiger partial charge in [-0.05, 0) is 42.3 Å². The lowest BCUT2D eigenvalue weighted by Crippen LogP contribution is -2.38. The van der Waals surface area contributed by atoms with Gasteiger partial charge in [0.05, 0.1) is 0 Å². The summed E-state index contributed by atoms with van der Waals surface area (Å²) in [5.74, 6) is -0.200. The Morgan fingerprint density at radius 1 is 1.33 bits per heavy atom. The molecule has 1 aromatic rings. The molecule has 0 amide bonds. The summed E-state index contributed by atoms with van der Waals surface area (Å²) in [6.07, 6.45) is 0. The van der Waals surface area contributed by atoms with Crippen LogP contribution in [0, 0.1) is 11.2 Å². The van der Waals surface area contributed by atoms with Gasteiger partial charge in [-0.2, -0.15) is 0 Å². The normalized spacial score (nSPS) is 12.2. The Balaban J connectivity index is 2.73. The maximum atomic E-state index is 13.3. The Morgan fingerprint density at radius 3 is 2.50 bits per heavy atom. The van der Waals surface area contributed by atoms with Gasteiger partial charge in [-0.25, -0.2) is 4.39 Å². The lowest BCUT2D eigenvalue weighted by molar-refractivity contribution is 0.183. The van der Waals surface area contributed by atoms with Gasteiger partial charge in [-0.3, -0.25) is 4.90 Å². The van der Waals surface area contributed by atoms with Crippen LogP contribution in [0.2, 0.25) is 0 Å². The lowest BCUT2D eigenvalue weighted by Gasteiger charge is -2.31. The van der Waals surface area contributed by atoms with Gasteiger partial charge in [-0.1, -0.05) is 36.7 Å². The Bertz CT molecular complexity index is 373. The third-order valence-electron chi connectivity index (χ3n) is 2.98. The Hall–Kier alpha value is -0.450. The standard InChI is InChI=1S/C14H22BrFN2/c1-4-18(10-14(2,3)9-17)8-11-5-12(15)7-13(16)6-11/h5-7H,4,8-10,17H2,1-3H3. The first-order valence-corrected chi connectivity index (χ1v) is 7.03. The Labute approximate surface area is 117 Å². The van der Waals surface area contributed by atoms with Crippen molar-refractivity contribution in [2.24, 2.45) is 11.1 Å². The van der Waals surface area contributed by atoms with Gasteiger partial charge in [0.1, 0.15) is 5.82 Å². The minimum atomic E-state index is -0.200. The molecule has 0 bridgehead atoms. The van der Waals surface area contributed by atoms with Crippen molar-refractivity contribution in [2.45, 2.75) is 27.3 Å². The molecule has 0 radical (unpaired) electrons. The Morgan fingerprint density at radius 2 is 2.00 bits per heavy atom. The summed E-state index contributed by atoms with van der Waals surface area (Å²) in [6.45, 7) is 9.65. The number of nitrogens with two attached hydrogens (primary N) is 1. The van der Waals surface area contributed by atoms with Crippen LogP contribution in [-0.4, -0.2) is 24.5 Å². The maximum Gasteiger partial charge on any atom is 0.124 e. The number of hydrogen-bond donors (Lipinski definition) is 1. The van der Waals surface area contributed by atoms with Crippen molar-refractivity contribution in [1.29, 1.82) is 0 Å². The predicted molar refractivity (Wildman–Crippen MR) is 77.9 cm³/mol. The van der Waals surface area contributed by atoms with Crippen LogP contribution in [0.4, 0.5) is 4.39 Å². The van der Waals surface area contributed by atoms with E-state index in [0.717, 1.165) is 29.7 Å². The summed E-state index contributed by atoms with van der Waals surface area (Å²) >= 11 is 3.32. The van der Waals surface area contributed by atoms with Gasteiger partial charge < -0.3 is 5.73 Å². The fraction of sp³-hybridized carbons (Fsp3) is 0.571. The molecule has 0 atom stereocenters. The van der Waals surface area contributed by atoms with Gasteiger partial charge in [0, 0.05) is 17.6 Å². The number of halogens is 2. The van der Waals surface area contributed by atoms with E-state index in [1.807, 2.05) is 6.07 Å². The molecule has 0 unspecified atom stereocenters. The number of rotatable bonds is 6. The zero-order chi connectivity index (χ0) is 13.8. The third kappa shape index (κ3) is 5.04. The second-order valence-corrected chi connectivity index (χ2v) is 6.36. The monoisotopic (exact) mass is 316 g/mol. The van der Waals surface area contributed by atoms with Crippen LogP contribution in [-0.2, 0) is 6.54 Å². The Kier molecular flexibility index (Phi) is 5.76. The largest absolute Gasteiger partial charge is 0.330 e. The van der Waals surface area contributed by atoms with E-state index in [9.17, 15) is 4.39 Å². The van der Waals surface area contributed by atoms with E-state index in [2.05, 4.69) is 41.6 Å². The van der Waals surface area contributed by atoms with Crippen molar-refractivity contribution < 1.29 is 4.39 Å². The molecule has 0 aromatic heterocycles. The average Bonchev–Trinajstić information content (AvgIpc) is 2.26.